The standard InChI is InChI=1S/C11H16F3N3OS/c1-10(2,3)8(9(15)18)16-4-7-17-6(5-19-7)11(12,13)14/h5,8,16H,4H2,1-3H3,(H2,15,18)/t8-/m1/s1. The average molecular weight is 295 g/mol. The van der Waals surface area contributed by atoms with E-state index in [1.54, 1.807) is 0 Å². The second kappa shape index (κ2) is 5.46. The first-order valence-corrected chi connectivity index (χ1v) is 6.44. The Labute approximate surface area is 113 Å². The zero-order valence-corrected chi connectivity index (χ0v) is 11.7. The number of rotatable bonds is 4. The molecule has 8 heteroatoms. The van der Waals surface area contributed by atoms with Gasteiger partial charge in [-0.2, -0.15) is 13.2 Å². The summed E-state index contributed by atoms with van der Waals surface area (Å²) in [5.41, 5.74) is 3.93. The van der Waals surface area contributed by atoms with Gasteiger partial charge in [-0.15, -0.1) is 11.3 Å². The SMILES string of the molecule is CC(C)(C)[C@H](NCc1nc(C(F)(F)F)cs1)C(N)=O. The van der Waals surface area contributed by atoms with E-state index < -0.39 is 29.2 Å². The topological polar surface area (TPSA) is 68.0 Å². The lowest BCUT2D eigenvalue weighted by atomic mass is 9.86. The number of primary amides is 1. The third-order valence-corrected chi connectivity index (χ3v) is 3.30. The first-order chi connectivity index (χ1) is 8.51. The molecule has 1 rings (SSSR count). The first-order valence-electron chi connectivity index (χ1n) is 5.56. The number of amides is 1. The van der Waals surface area contributed by atoms with Gasteiger partial charge < -0.3 is 5.73 Å². The van der Waals surface area contributed by atoms with Gasteiger partial charge in [-0.25, -0.2) is 4.98 Å². The molecule has 0 saturated carbocycles. The van der Waals surface area contributed by atoms with Crippen molar-refractivity contribution in [3.05, 3.63) is 16.1 Å². The van der Waals surface area contributed by atoms with Crippen LogP contribution in [-0.2, 0) is 17.5 Å². The molecule has 3 N–H and O–H groups in total. The van der Waals surface area contributed by atoms with Crippen LogP contribution in [0.25, 0.3) is 0 Å². The van der Waals surface area contributed by atoms with Crippen LogP contribution < -0.4 is 11.1 Å². The van der Waals surface area contributed by atoms with Gasteiger partial charge in [0.05, 0.1) is 6.04 Å². The molecule has 0 bridgehead atoms. The summed E-state index contributed by atoms with van der Waals surface area (Å²) >= 11 is 0.895. The average Bonchev–Trinajstić information content (AvgIpc) is 2.62. The van der Waals surface area contributed by atoms with Crippen molar-refractivity contribution in [3.63, 3.8) is 0 Å². The molecular weight excluding hydrogens is 279 g/mol. The maximum atomic E-state index is 12.4. The largest absolute Gasteiger partial charge is 0.434 e. The molecule has 0 radical (unpaired) electrons. The van der Waals surface area contributed by atoms with E-state index >= 15 is 0 Å². The minimum absolute atomic E-state index is 0.0750. The number of hydrogen-bond acceptors (Lipinski definition) is 4. The van der Waals surface area contributed by atoms with Gasteiger partial charge >= 0.3 is 6.18 Å². The Balaban J connectivity index is 2.71. The van der Waals surface area contributed by atoms with E-state index in [4.69, 9.17) is 5.73 Å². The van der Waals surface area contributed by atoms with Gasteiger partial charge in [0.15, 0.2) is 5.69 Å². The second-order valence-corrected chi connectivity index (χ2v) is 6.15. The lowest BCUT2D eigenvalue weighted by Gasteiger charge is -2.28. The van der Waals surface area contributed by atoms with Crippen LogP contribution in [0, 0.1) is 5.41 Å². The molecular formula is C11H16F3N3OS. The number of alkyl halides is 3. The number of halogens is 3. The number of thiazole rings is 1. The highest BCUT2D eigenvalue weighted by atomic mass is 32.1. The number of carbonyl (C=O) groups is 1. The third kappa shape index (κ3) is 4.46. The predicted octanol–water partition coefficient (Wildman–Crippen LogP) is 2.15. The molecule has 19 heavy (non-hydrogen) atoms. The van der Waals surface area contributed by atoms with Crippen LogP contribution in [0.3, 0.4) is 0 Å². The van der Waals surface area contributed by atoms with Crippen molar-refractivity contribution in [2.45, 2.75) is 39.5 Å². The van der Waals surface area contributed by atoms with Crippen molar-refractivity contribution >= 4 is 17.2 Å². The maximum absolute atomic E-state index is 12.4. The molecule has 0 unspecified atom stereocenters. The third-order valence-electron chi connectivity index (χ3n) is 2.45. The molecule has 0 aliphatic heterocycles. The maximum Gasteiger partial charge on any atom is 0.434 e. The van der Waals surface area contributed by atoms with E-state index in [1.807, 2.05) is 20.8 Å². The summed E-state index contributed by atoms with van der Waals surface area (Å²) in [6.45, 7) is 5.53. The summed E-state index contributed by atoms with van der Waals surface area (Å²) in [5, 5.41) is 4.06. The predicted molar refractivity (Wildman–Crippen MR) is 66.4 cm³/mol. The van der Waals surface area contributed by atoms with Crippen molar-refractivity contribution in [3.8, 4) is 0 Å². The van der Waals surface area contributed by atoms with Gasteiger partial charge in [0.2, 0.25) is 5.91 Å². The highest BCUT2D eigenvalue weighted by molar-refractivity contribution is 7.09. The summed E-state index contributed by atoms with van der Waals surface area (Å²) < 4.78 is 37.1. The molecule has 0 aromatic carbocycles. The summed E-state index contributed by atoms with van der Waals surface area (Å²) in [5.74, 6) is -0.542. The molecule has 108 valence electrons. The lowest BCUT2D eigenvalue weighted by molar-refractivity contribution is -0.140. The fourth-order valence-corrected chi connectivity index (χ4v) is 2.30. The van der Waals surface area contributed by atoms with Gasteiger partial charge in [-0.05, 0) is 5.41 Å². The molecule has 1 heterocycles. The Morgan fingerprint density at radius 3 is 2.42 bits per heavy atom. The molecule has 0 aliphatic carbocycles. The van der Waals surface area contributed by atoms with Gasteiger partial charge in [0.25, 0.3) is 0 Å². The smallest absolute Gasteiger partial charge is 0.368 e. The minimum Gasteiger partial charge on any atom is -0.368 e. The van der Waals surface area contributed by atoms with E-state index in [-0.39, 0.29) is 11.6 Å². The zero-order valence-electron chi connectivity index (χ0n) is 10.8. The van der Waals surface area contributed by atoms with E-state index in [0.29, 0.717) is 0 Å². The summed E-state index contributed by atoms with van der Waals surface area (Å²) in [4.78, 5) is 14.8. The molecule has 1 amide bonds. The normalized spacial score (nSPS) is 14.4. The first kappa shape index (κ1) is 15.9. The van der Waals surface area contributed by atoms with Crippen LogP contribution in [0.4, 0.5) is 13.2 Å². The van der Waals surface area contributed by atoms with Gasteiger partial charge in [-0.1, -0.05) is 20.8 Å². The van der Waals surface area contributed by atoms with Crippen molar-refractivity contribution in [1.29, 1.82) is 0 Å². The number of nitrogens with zero attached hydrogens (tertiary/aromatic N) is 1. The monoisotopic (exact) mass is 295 g/mol. The minimum atomic E-state index is -4.44. The van der Waals surface area contributed by atoms with Crippen LogP contribution in [0.5, 0.6) is 0 Å². The molecule has 0 aliphatic rings. The van der Waals surface area contributed by atoms with Gasteiger partial charge in [-0.3, -0.25) is 10.1 Å². The van der Waals surface area contributed by atoms with Crippen molar-refractivity contribution in [2.75, 3.05) is 0 Å². The number of aromatic nitrogens is 1. The number of nitrogens with two attached hydrogens (primary N) is 1. The summed E-state index contributed by atoms with van der Waals surface area (Å²) in [6.07, 6.45) is -4.44. The number of nitrogens with one attached hydrogen (secondary N) is 1. The summed E-state index contributed by atoms with van der Waals surface area (Å²) in [6, 6.07) is -0.634. The van der Waals surface area contributed by atoms with E-state index in [1.165, 1.54) is 0 Å². The Morgan fingerprint density at radius 2 is 2.05 bits per heavy atom. The van der Waals surface area contributed by atoms with Crippen LogP contribution in [0.15, 0.2) is 5.38 Å². The molecule has 1 aromatic rings. The quantitative estimate of drug-likeness (QED) is 0.894. The van der Waals surface area contributed by atoms with E-state index in [0.717, 1.165) is 16.7 Å². The summed E-state index contributed by atoms with van der Waals surface area (Å²) in [7, 11) is 0. The Bertz CT molecular complexity index is 451. The van der Waals surface area contributed by atoms with E-state index in [9.17, 15) is 18.0 Å². The van der Waals surface area contributed by atoms with Crippen LogP contribution in [0.2, 0.25) is 0 Å². The Kier molecular flexibility index (Phi) is 4.57. The number of hydrogen-bond donors (Lipinski definition) is 2. The van der Waals surface area contributed by atoms with Crippen molar-refractivity contribution in [2.24, 2.45) is 11.1 Å². The van der Waals surface area contributed by atoms with Crippen LogP contribution in [0.1, 0.15) is 31.5 Å². The van der Waals surface area contributed by atoms with Crippen LogP contribution in [-0.4, -0.2) is 16.9 Å². The fourth-order valence-electron chi connectivity index (χ4n) is 1.55. The molecule has 0 spiro atoms. The Hall–Kier alpha value is -1.15. The zero-order chi connectivity index (χ0) is 14.8. The molecule has 1 aromatic heterocycles. The van der Waals surface area contributed by atoms with Crippen molar-refractivity contribution < 1.29 is 18.0 Å². The fraction of sp³-hybridized carbons (Fsp3) is 0.636. The van der Waals surface area contributed by atoms with E-state index in [2.05, 4.69) is 10.3 Å². The van der Waals surface area contributed by atoms with Gasteiger partial charge in [0, 0.05) is 11.9 Å². The molecule has 0 saturated heterocycles. The second-order valence-electron chi connectivity index (χ2n) is 5.21. The molecule has 4 nitrogen and oxygen atoms in total. The molecule has 0 fully saturated rings. The highest BCUT2D eigenvalue weighted by Crippen LogP contribution is 2.30. The van der Waals surface area contributed by atoms with Crippen molar-refractivity contribution in [1.82, 2.24) is 10.3 Å². The lowest BCUT2D eigenvalue weighted by Crippen LogP contribution is -2.49. The molecule has 1 atom stereocenters. The van der Waals surface area contributed by atoms with Crippen LogP contribution >= 0.6 is 11.3 Å². The van der Waals surface area contributed by atoms with Gasteiger partial charge in [0.1, 0.15) is 5.01 Å². The Morgan fingerprint density at radius 1 is 1.47 bits per heavy atom. The highest BCUT2D eigenvalue weighted by Gasteiger charge is 2.34. The number of carbonyl (C=O) groups excluding carboxylic acids is 1.